The summed E-state index contributed by atoms with van der Waals surface area (Å²) < 4.78 is 12.4. The molecule has 2 aliphatic heterocycles. The number of hydrogen-bond donors (Lipinski definition) is 0. The number of unbranched alkanes of at least 4 members (excludes halogenated alkanes) is 1. The van der Waals surface area contributed by atoms with Crippen LogP contribution in [0, 0.1) is 6.92 Å². The maximum atomic E-state index is 14.1. The smallest absolute Gasteiger partial charge is 0.256 e. The molecule has 0 aliphatic carbocycles. The molecular formula is C29H38N2O4. The molecule has 2 aromatic rings. The highest BCUT2D eigenvalue weighted by molar-refractivity contribution is 5.96. The standard InChI is InChI=1S/C29H38N2O4/c1-3-4-17-30-18-20-34-26-15-8-6-12-24(26)13-9-10-16-29(28(30)33)22-31(19-21-35-29)27(32)25-14-7-5-11-23(25)2/h5-8,11-12,14-15H,3-4,9-10,13,16-22H2,1-2H3. The number of carbonyl (C=O) groups is 2. The third kappa shape index (κ3) is 5.87. The molecule has 1 spiro atoms. The zero-order valence-electron chi connectivity index (χ0n) is 21.1. The number of carbonyl (C=O) groups excluding carboxylic acids is 2. The van der Waals surface area contributed by atoms with Gasteiger partial charge in [-0.25, -0.2) is 0 Å². The van der Waals surface area contributed by atoms with E-state index in [1.54, 1.807) is 0 Å². The van der Waals surface area contributed by atoms with Crippen LogP contribution in [-0.4, -0.2) is 66.6 Å². The van der Waals surface area contributed by atoms with Crippen LogP contribution in [-0.2, 0) is 16.0 Å². The minimum absolute atomic E-state index is 0.00862. The Morgan fingerprint density at radius 2 is 1.83 bits per heavy atom. The molecule has 6 nitrogen and oxygen atoms in total. The first-order valence-electron chi connectivity index (χ1n) is 13.0. The molecule has 2 amide bonds. The van der Waals surface area contributed by atoms with Crippen LogP contribution in [0.5, 0.6) is 5.75 Å². The lowest BCUT2D eigenvalue weighted by Gasteiger charge is -2.44. The normalized spacial score (nSPS) is 21.6. The Balaban J connectivity index is 1.59. The van der Waals surface area contributed by atoms with Crippen LogP contribution in [0.3, 0.4) is 0 Å². The second-order valence-electron chi connectivity index (χ2n) is 9.69. The Morgan fingerprint density at radius 3 is 2.66 bits per heavy atom. The molecule has 6 heteroatoms. The van der Waals surface area contributed by atoms with Gasteiger partial charge in [-0.05, 0) is 62.3 Å². The fourth-order valence-corrected chi connectivity index (χ4v) is 5.12. The van der Waals surface area contributed by atoms with Gasteiger partial charge in [-0.1, -0.05) is 49.7 Å². The predicted octanol–water partition coefficient (Wildman–Crippen LogP) is 4.64. The maximum absolute atomic E-state index is 14.1. The molecule has 0 N–H and O–H groups in total. The fourth-order valence-electron chi connectivity index (χ4n) is 5.12. The van der Waals surface area contributed by atoms with E-state index in [-0.39, 0.29) is 11.8 Å². The highest BCUT2D eigenvalue weighted by Crippen LogP contribution is 2.30. The summed E-state index contributed by atoms with van der Waals surface area (Å²) in [6, 6.07) is 15.8. The van der Waals surface area contributed by atoms with Crippen LogP contribution in [0.1, 0.15) is 60.5 Å². The van der Waals surface area contributed by atoms with E-state index < -0.39 is 5.60 Å². The summed E-state index contributed by atoms with van der Waals surface area (Å²) in [7, 11) is 0. The fraction of sp³-hybridized carbons (Fsp3) is 0.517. The molecular weight excluding hydrogens is 440 g/mol. The number of amides is 2. The van der Waals surface area contributed by atoms with E-state index in [4.69, 9.17) is 9.47 Å². The van der Waals surface area contributed by atoms with Crippen molar-refractivity contribution >= 4 is 11.8 Å². The van der Waals surface area contributed by atoms with E-state index in [1.807, 2.05) is 59.2 Å². The van der Waals surface area contributed by atoms with Crippen LogP contribution in [0.4, 0.5) is 0 Å². The summed E-state index contributed by atoms with van der Waals surface area (Å²) in [5.41, 5.74) is 1.83. The molecule has 4 rings (SSSR count). The number of para-hydroxylation sites is 1. The minimum Gasteiger partial charge on any atom is -0.491 e. The SMILES string of the molecule is CCCCN1CCOc2ccccc2CCCCC2(CN(C(=O)c3ccccc3C)CCO2)C1=O. The number of fused-ring (bicyclic) bond motifs is 1. The molecule has 2 aromatic carbocycles. The van der Waals surface area contributed by atoms with Crippen molar-refractivity contribution in [1.82, 2.24) is 9.80 Å². The topological polar surface area (TPSA) is 59.1 Å². The molecule has 188 valence electrons. The Kier molecular flexibility index (Phi) is 8.45. The maximum Gasteiger partial charge on any atom is 0.256 e. The second-order valence-corrected chi connectivity index (χ2v) is 9.69. The van der Waals surface area contributed by atoms with E-state index in [1.165, 1.54) is 5.56 Å². The van der Waals surface area contributed by atoms with Gasteiger partial charge in [-0.3, -0.25) is 9.59 Å². The highest BCUT2D eigenvalue weighted by Gasteiger charge is 2.46. The Morgan fingerprint density at radius 1 is 1.03 bits per heavy atom. The molecule has 0 radical (unpaired) electrons. The van der Waals surface area contributed by atoms with Gasteiger partial charge in [0.2, 0.25) is 0 Å². The van der Waals surface area contributed by atoms with Gasteiger partial charge in [0.1, 0.15) is 12.4 Å². The van der Waals surface area contributed by atoms with E-state index in [0.29, 0.717) is 51.4 Å². The van der Waals surface area contributed by atoms with E-state index in [0.717, 1.165) is 43.4 Å². The Labute approximate surface area is 209 Å². The summed E-state index contributed by atoms with van der Waals surface area (Å²) in [6.07, 6.45) is 5.19. The third-order valence-corrected chi connectivity index (χ3v) is 7.18. The van der Waals surface area contributed by atoms with E-state index >= 15 is 0 Å². The molecule has 1 unspecified atom stereocenters. The van der Waals surface area contributed by atoms with Gasteiger partial charge in [-0.2, -0.15) is 0 Å². The van der Waals surface area contributed by atoms with Crippen LogP contribution in [0.2, 0.25) is 0 Å². The lowest BCUT2D eigenvalue weighted by Crippen LogP contribution is -2.62. The van der Waals surface area contributed by atoms with Crippen molar-refractivity contribution in [3.05, 3.63) is 65.2 Å². The average molecular weight is 479 g/mol. The summed E-state index contributed by atoms with van der Waals surface area (Å²) >= 11 is 0. The van der Waals surface area contributed by atoms with Crippen LogP contribution >= 0.6 is 0 Å². The van der Waals surface area contributed by atoms with E-state index in [2.05, 4.69) is 13.0 Å². The number of hydrogen-bond acceptors (Lipinski definition) is 4. The van der Waals surface area contributed by atoms with Crippen LogP contribution in [0.25, 0.3) is 0 Å². The van der Waals surface area contributed by atoms with Crippen LogP contribution < -0.4 is 4.74 Å². The van der Waals surface area contributed by atoms with Gasteiger partial charge < -0.3 is 19.3 Å². The summed E-state index contributed by atoms with van der Waals surface area (Å²) in [4.78, 5) is 31.2. The zero-order chi connectivity index (χ0) is 24.7. The number of rotatable bonds is 4. The second kappa shape index (κ2) is 11.7. The number of aryl methyl sites for hydroxylation is 2. The molecule has 0 aromatic heterocycles. The van der Waals surface area contributed by atoms with Gasteiger partial charge in [0.25, 0.3) is 11.8 Å². The monoisotopic (exact) mass is 478 g/mol. The van der Waals surface area contributed by atoms with Gasteiger partial charge in [0, 0.05) is 18.7 Å². The Hall–Kier alpha value is -2.86. The lowest BCUT2D eigenvalue weighted by atomic mass is 9.90. The number of benzene rings is 2. The first-order chi connectivity index (χ1) is 17.0. The van der Waals surface area contributed by atoms with Crippen molar-refractivity contribution in [3.63, 3.8) is 0 Å². The van der Waals surface area contributed by atoms with Crippen molar-refractivity contribution < 1.29 is 19.1 Å². The molecule has 1 fully saturated rings. The quantitative estimate of drug-likeness (QED) is 0.642. The van der Waals surface area contributed by atoms with Gasteiger partial charge in [0.15, 0.2) is 5.60 Å². The van der Waals surface area contributed by atoms with Crippen molar-refractivity contribution in [2.75, 3.05) is 39.4 Å². The largest absolute Gasteiger partial charge is 0.491 e. The van der Waals surface area contributed by atoms with Crippen molar-refractivity contribution in [2.24, 2.45) is 0 Å². The van der Waals surface area contributed by atoms with Crippen LogP contribution in [0.15, 0.2) is 48.5 Å². The Bertz CT molecular complexity index is 1020. The molecule has 0 bridgehead atoms. The average Bonchev–Trinajstić information content (AvgIpc) is 2.88. The molecule has 1 atom stereocenters. The van der Waals surface area contributed by atoms with Crippen molar-refractivity contribution in [1.29, 1.82) is 0 Å². The number of ether oxygens (including phenoxy) is 2. The summed E-state index contributed by atoms with van der Waals surface area (Å²) in [5.74, 6) is 0.877. The molecule has 2 aliphatic rings. The highest BCUT2D eigenvalue weighted by atomic mass is 16.5. The zero-order valence-corrected chi connectivity index (χ0v) is 21.1. The van der Waals surface area contributed by atoms with Gasteiger partial charge in [-0.15, -0.1) is 0 Å². The first kappa shape index (κ1) is 25.2. The number of nitrogens with zero attached hydrogens (tertiary/aromatic N) is 2. The van der Waals surface area contributed by atoms with Gasteiger partial charge in [0.05, 0.1) is 19.7 Å². The molecule has 2 heterocycles. The van der Waals surface area contributed by atoms with Gasteiger partial charge >= 0.3 is 0 Å². The summed E-state index contributed by atoms with van der Waals surface area (Å²) in [5, 5.41) is 0. The molecule has 0 saturated carbocycles. The predicted molar refractivity (Wildman–Crippen MR) is 137 cm³/mol. The third-order valence-electron chi connectivity index (χ3n) is 7.18. The summed E-state index contributed by atoms with van der Waals surface area (Å²) in [6.45, 7) is 6.84. The first-order valence-corrected chi connectivity index (χ1v) is 13.0. The van der Waals surface area contributed by atoms with Crippen molar-refractivity contribution in [3.8, 4) is 5.75 Å². The minimum atomic E-state index is -1.01. The molecule has 1 saturated heterocycles. The van der Waals surface area contributed by atoms with Crippen molar-refractivity contribution in [2.45, 2.75) is 58.0 Å². The molecule has 35 heavy (non-hydrogen) atoms. The van der Waals surface area contributed by atoms with E-state index in [9.17, 15) is 9.59 Å². The number of morpholine rings is 1. The lowest BCUT2D eigenvalue weighted by molar-refractivity contribution is -0.170.